The standard InChI is InChI=1S/C18H26N4OS/c1-4-21(12-14-11-19-22(5-2)13-14)17(23)16-10-15-8-6-7-9-20(3)18(15)24-16/h10-11,13H,4-9,12H2,1-3H3. The third kappa shape index (κ3) is 3.48. The lowest BCUT2D eigenvalue weighted by atomic mass is 10.1. The molecule has 0 saturated carbocycles. The average molecular weight is 347 g/mol. The lowest BCUT2D eigenvalue weighted by Crippen LogP contribution is -2.29. The molecule has 0 spiro atoms. The lowest BCUT2D eigenvalue weighted by Gasteiger charge is -2.19. The minimum atomic E-state index is 0.133. The smallest absolute Gasteiger partial charge is 0.264 e. The number of carbonyl (C=O) groups excluding carboxylic acids is 1. The molecule has 0 saturated heterocycles. The summed E-state index contributed by atoms with van der Waals surface area (Å²) in [6, 6.07) is 2.11. The van der Waals surface area contributed by atoms with Crippen molar-refractivity contribution in [1.82, 2.24) is 14.7 Å². The normalized spacial score (nSPS) is 14.4. The number of thiophene rings is 1. The van der Waals surface area contributed by atoms with Crippen LogP contribution in [0.2, 0.25) is 0 Å². The van der Waals surface area contributed by atoms with E-state index in [1.54, 1.807) is 11.3 Å². The molecule has 0 bridgehead atoms. The fraction of sp³-hybridized carbons (Fsp3) is 0.556. The summed E-state index contributed by atoms with van der Waals surface area (Å²) in [6.45, 7) is 7.35. The Morgan fingerprint density at radius 1 is 1.38 bits per heavy atom. The fourth-order valence-electron chi connectivity index (χ4n) is 3.16. The van der Waals surface area contributed by atoms with Gasteiger partial charge in [0.25, 0.3) is 5.91 Å². The number of nitrogens with zero attached hydrogens (tertiary/aromatic N) is 4. The number of rotatable bonds is 5. The van der Waals surface area contributed by atoms with E-state index in [9.17, 15) is 4.79 Å². The molecule has 1 aliphatic rings. The van der Waals surface area contributed by atoms with Crippen LogP contribution < -0.4 is 4.90 Å². The van der Waals surface area contributed by atoms with Crippen molar-refractivity contribution in [2.24, 2.45) is 0 Å². The van der Waals surface area contributed by atoms with E-state index in [1.165, 1.54) is 23.4 Å². The third-order valence-corrected chi connectivity index (χ3v) is 5.87. The SMILES string of the molecule is CCN(Cc1cnn(CC)c1)C(=O)c1cc2c(s1)N(C)CCCC2. The molecule has 3 rings (SSSR count). The summed E-state index contributed by atoms with van der Waals surface area (Å²) in [5.74, 6) is 0.133. The summed E-state index contributed by atoms with van der Waals surface area (Å²) in [7, 11) is 2.13. The van der Waals surface area contributed by atoms with Gasteiger partial charge >= 0.3 is 0 Å². The second kappa shape index (κ2) is 7.38. The van der Waals surface area contributed by atoms with Gasteiger partial charge in [-0.3, -0.25) is 9.48 Å². The fourth-order valence-corrected chi connectivity index (χ4v) is 4.32. The van der Waals surface area contributed by atoms with Crippen molar-refractivity contribution < 1.29 is 4.79 Å². The zero-order valence-electron chi connectivity index (χ0n) is 14.8. The highest BCUT2D eigenvalue weighted by molar-refractivity contribution is 7.18. The molecule has 3 heterocycles. The van der Waals surface area contributed by atoms with E-state index in [-0.39, 0.29) is 5.91 Å². The number of hydrogen-bond donors (Lipinski definition) is 0. The number of aromatic nitrogens is 2. The Labute approximate surface area is 147 Å². The van der Waals surface area contributed by atoms with E-state index < -0.39 is 0 Å². The van der Waals surface area contributed by atoms with E-state index >= 15 is 0 Å². The number of anilines is 1. The lowest BCUT2D eigenvalue weighted by molar-refractivity contribution is 0.0757. The third-order valence-electron chi connectivity index (χ3n) is 4.59. The van der Waals surface area contributed by atoms with Gasteiger partial charge in [0.05, 0.1) is 16.1 Å². The molecular formula is C18H26N4OS. The highest BCUT2D eigenvalue weighted by atomic mass is 32.1. The first-order valence-corrected chi connectivity index (χ1v) is 9.58. The second-order valence-corrected chi connectivity index (χ2v) is 7.37. The first kappa shape index (κ1) is 17.0. The van der Waals surface area contributed by atoms with Crippen molar-refractivity contribution in [3.05, 3.63) is 34.5 Å². The average Bonchev–Trinajstić information content (AvgIpc) is 3.19. The Balaban J connectivity index is 1.77. The summed E-state index contributed by atoms with van der Waals surface area (Å²) in [5.41, 5.74) is 2.42. The zero-order chi connectivity index (χ0) is 17.1. The molecule has 0 radical (unpaired) electrons. The Hall–Kier alpha value is -1.82. The largest absolute Gasteiger partial charge is 0.366 e. The summed E-state index contributed by atoms with van der Waals surface area (Å²) >= 11 is 1.64. The van der Waals surface area contributed by atoms with Crippen molar-refractivity contribution >= 4 is 22.2 Å². The minimum absolute atomic E-state index is 0.133. The molecule has 1 amide bonds. The summed E-state index contributed by atoms with van der Waals surface area (Å²) in [4.78, 5) is 18.0. The molecular weight excluding hydrogens is 320 g/mol. The summed E-state index contributed by atoms with van der Waals surface area (Å²) < 4.78 is 1.90. The second-order valence-electron chi connectivity index (χ2n) is 6.34. The van der Waals surface area contributed by atoms with E-state index in [0.29, 0.717) is 13.1 Å². The number of hydrogen-bond acceptors (Lipinski definition) is 4. The Bertz CT molecular complexity index is 706. The zero-order valence-corrected chi connectivity index (χ0v) is 15.6. The van der Waals surface area contributed by atoms with E-state index in [0.717, 1.165) is 30.0 Å². The van der Waals surface area contributed by atoms with Crippen LogP contribution in [0.25, 0.3) is 0 Å². The van der Waals surface area contributed by atoms with Gasteiger partial charge in [-0.2, -0.15) is 5.10 Å². The van der Waals surface area contributed by atoms with E-state index in [4.69, 9.17) is 0 Å². The minimum Gasteiger partial charge on any atom is -0.366 e. The molecule has 0 aliphatic carbocycles. The van der Waals surface area contributed by atoms with Gasteiger partial charge in [0.2, 0.25) is 0 Å². The van der Waals surface area contributed by atoms with Crippen LogP contribution in [0.15, 0.2) is 18.5 Å². The molecule has 0 unspecified atom stereocenters. The van der Waals surface area contributed by atoms with E-state index in [2.05, 4.69) is 30.0 Å². The number of carbonyl (C=O) groups is 1. The molecule has 5 nitrogen and oxygen atoms in total. The Morgan fingerprint density at radius 3 is 2.92 bits per heavy atom. The van der Waals surface area contributed by atoms with Crippen LogP contribution in [0.4, 0.5) is 5.00 Å². The maximum absolute atomic E-state index is 13.0. The van der Waals surface area contributed by atoms with Crippen molar-refractivity contribution in [3.63, 3.8) is 0 Å². The first-order chi connectivity index (χ1) is 11.6. The van der Waals surface area contributed by atoms with Crippen LogP contribution in [-0.4, -0.2) is 40.7 Å². The Morgan fingerprint density at radius 2 is 2.21 bits per heavy atom. The monoisotopic (exact) mass is 346 g/mol. The quantitative estimate of drug-likeness (QED) is 0.833. The van der Waals surface area contributed by atoms with Gasteiger partial charge in [0, 0.05) is 45.0 Å². The van der Waals surface area contributed by atoms with Crippen LogP contribution in [0, 0.1) is 0 Å². The highest BCUT2D eigenvalue weighted by Gasteiger charge is 2.22. The molecule has 0 fully saturated rings. The van der Waals surface area contributed by atoms with Gasteiger partial charge < -0.3 is 9.80 Å². The first-order valence-electron chi connectivity index (χ1n) is 8.76. The summed E-state index contributed by atoms with van der Waals surface area (Å²) in [6.07, 6.45) is 7.39. The van der Waals surface area contributed by atoms with Gasteiger partial charge in [-0.15, -0.1) is 11.3 Å². The van der Waals surface area contributed by atoms with Crippen molar-refractivity contribution in [1.29, 1.82) is 0 Å². The molecule has 0 aromatic carbocycles. The van der Waals surface area contributed by atoms with Crippen LogP contribution in [0.5, 0.6) is 0 Å². The van der Waals surface area contributed by atoms with E-state index in [1.807, 2.05) is 28.9 Å². The van der Waals surface area contributed by atoms with Gasteiger partial charge in [-0.05, 0) is 44.7 Å². The van der Waals surface area contributed by atoms with Crippen molar-refractivity contribution in [2.45, 2.75) is 46.2 Å². The topological polar surface area (TPSA) is 41.4 Å². The van der Waals surface area contributed by atoms with Crippen molar-refractivity contribution in [3.8, 4) is 0 Å². The molecule has 24 heavy (non-hydrogen) atoms. The molecule has 6 heteroatoms. The number of amides is 1. The molecule has 1 aliphatic heterocycles. The molecule has 130 valence electrons. The molecule has 2 aromatic heterocycles. The van der Waals surface area contributed by atoms with Gasteiger partial charge in [-0.1, -0.05) is 0 Å². The van der Waals surface area contributed by atoms with Gasteiger partial charge in [0.1, 0.15) is 0 Å². The maximum atomic E-state index is 13.0. The summed E-state index contributed by atoms with van der Waals surface area (Å²) in [5, 5.41) is 5.57. The van der Waals surface area contributed by atoms with Crippen LogP contribution >= 0.6 is 11.3 Å². The maximum Gasteiger partial charge on any atom is 0.264 e. The van der Waals surface area contributed by atoms with Gasteiger partial charge in [-0.25, -0.2) is 0 Å². The van der Waals surface area contributed by atoms with Gasteiger partial charge in [0.15, 0.2) is 0 Å². The molecule has 0 atom stereocenters. The number of aryl methyl sites for hydroxylation is 2. The van der Waals surface area contributed by atoms with Crippen LogP contribution in [0.1, 0.15) is 47.5 Å². The predicted octanol–water partition coefficient (Wildman–Crippen LogP) is 3.40. The predicted molar refractivity (Wildman–Crippen MR) is 98.8 cm³/mol. The van der Waals surface area contributed by atoms with Crippen LogP contribution in [-0.2, 0) is 19.5 Å². The van der Waals surface area contributed by atoms with Crippen molar-refractivity contribution in [2.75, 3.05) is 25.0 Å². The van der Waals surface area contributed by atoms with Crippen LogP contribution in [0.3, 0.4) is 0 Å². The molecule has 0 N–H and O–H groups in total. The number of fused-ring (bicyclic) bond motifs is 1. The molecule has 2 aromatic rings. The highest BCUT2D eigenvalue weighted by Crippen LogP contribution is 2.35. The Kier molecular flexibility index (Phi) is 5.23.